The second kappa shape index (κ2) is 6.18. The van der Waals surface area contributed by atoms with Crippen molar-refractivity contribution in [3.8, 4) is 5.75 Å². The fourth-order valence-corrected chi connectivity index (χ4v) is 9.51. The van der Waals surface area contributed by atoms with Gasteiger partial charge in [-0.15, -0.1) is 0 Å². The van der Waals surface area contributed by atoms with Gasteiger partial charge in [-0.3, -0.25) is 9.69 Å². The highest BCUT2D eigenvalue weighted by Gasteiger charge is 2.98. The van der Waals surface area contributed by atoms with Crippen molar-refractivity contribution in [2.75, 3.05) is 6.54 Å². The molecule has 2 aromatic carbocycles. The fraction of sp³-hybridized carbons (Fsp3) is 0.536. The first-order valence-electron chi connectivity index (χ1n) is 12.7. The van der Waals surface area contributed by atoms with Crippen LogP contribution in [0.2, 0.25) is 5.02 Å². The molecule has 0 radical (unpaired) electrons. The Morgan fingerprint density at radius 2 is 2.00 bits per heavy atom. The van der Waals surface area contributed by atoms with Crippen LogP contribution >= 0.6 is 11.6 Å². The zero-order valence-electron chi connectivity index (χ0n) is 19.0. The number of nitrogens with one attached hydrogen (secondary N) is 1. The lowest BCUT2D eigenvalue weighted by Crippen LogP contribution is -2.70. The molecule has 3 unspecified atom stereocenters. The van der Waals surface area contributed by atoms with Crippen LogP contribution in [0.4, 0.5) is 0 Å². The lowest BCUT2D eigenvalue weighted by molar-refractivity contribution is -0.151. The van der Waals surface area contributed by atoms with E-state index >= 15 is 0 Å². The van der Waals surface area contributed by atoms with E-state index in [9.17, 15) is 15.0 Å². The number of likely N-dealkylation sites (tertiary alicyclic amines) is 1. The quantitative estimate of drug-likeness (QED) is 0.618. The molecule has 176 valence electrons. The van der Waals surface area contributed by atoms with Crippen LogP contribution in [0.3, 0.4) is 0 Å². The molecule has 1 heterocycles. The Labute approximate surface area is 204 Å². The van der Waals surface area contributed by atoms with Gasteiger partial charge < -0.3 is 15.5 Å². The number of nitrogens with zero attached hydrogens (tertiary/aromatic N) is 1. The van der Waals surface area contributed by atoms with E-state index in [0.717, 1.165) is 30.0 Å². The molecule has 5 aliphatic carbocycles. The maximum atomic E-state index is 13.4. The molecule has 1 aliphatic heterocycles. The maximum absolute atomic E-state index is 13.4. The van der Waals surface area contributed by atoms with Gasteiger partial charge in [-0.1, -0.05) is 35.9 Å². The van der Waals surface area contributed by atoms with E-state index < -0.39 is 11.0 Å². The van der Waals surface area contributed by atoms with Crippen LogP contribution in [0.15, 0.2) is 42.5 Å². The summed E-state index contributed by atoms with van der Waals surface area (Å²) in [6, 6.07) is 14.0. The number of fused-ring (bicyclic) bond motifs is 2. The zero-order valence-corrected chi connectivity index (χ0v) is 19.8. The minimum Gasteiger partial charge on any atom is -0.508 e. The number of amides is 1. The number of piperidine rings is 1. The van der Waals surface area contributed by atoms with E-state index in [1.54, 1.807) is 6.07 Å². The second-order valence-electron chi connectivity index (χ2n) is 11.9. The molecule has 5 fully saturated rings. The highest BCUT2D eigenvalue weighted by Crippen LogP contribution is 2.89. The van der Waals surface area contributed by atoms with Gasteiger partial charge in [0.2, 0.25) is 5.91 Å². The van der Waals surface area contributed by atoms with Gasteiger partial charge in [0.1, 0.15) is 5.75 Å². The predicted molar refractivity (Wildman–Crippen MR) is 127 cm³/mol. The number of aliphatic hydroxyl groups is 1. The average Bonchev–Trinajstić information content (AvgIpc) is 3.68. The second-order valence-corrected chi connectivity index (χ2v) is 12.3. The first-order valence-corrected chi connectivity index (χ1v) is 13.1. The molecule has 2 aromatic rings. The van der Waals surface area contributed by atoms with Crippen LogP contribution in [0.5, 0.6) is 5.75 Å². The summed E-state index contributed by atoms with van der Waals surface area (Å²) in [6.07, 6.45) is 4.76. The zero-order chi connectivity index (χ0) is 23.0. The smallest absolute Gasteiger partial charge is 0.223 e. The largest absolute Gasteiger partial charge is 0.508 e. The van der Waals surface area contributed by atoms with Crippen molar-refractivity contribution in [3.05, 3.63) is 64.2 Å². The molecule has 8 rings (SSSR count). The van der Waals surface area contributed by atoms with E-state index in [2.05, 4.69) is 16.3 Å². The minimum atomic E-state index is -0.924. The number of halogens is 1. The van der Waals surface area contributed by atoms with Gasteiger partial charge in [-0.2, -0.15) is 0 Å². The van der Waals surface area contributed by atoms with Gasteiger partial charge >= 0.3 is 0 Å². The molecule has 4 saturated carbocycles. The fourth-order valence-electron chi connectivity index (χ4n) is 9.31. The third kappa shape index (κ3) is 2.15. The van der Waals surface area contributed by atoms with E-state index in [0.29, 0.717) is 36.4 Å². The molecule has 1 saturated heterocycles. The van der Waals surface area contributed by atoms with Gasteiger partial charge in [0.15, 0.2) is 0 Å². The van der Waals surface area contributed by atoms with Gasteiger partial charge in [0.05, 0.1) is 5.60 Å². The Balaban J connectivity index is 1.15. The van der Waals surface area contributed by atoms with Crippen molar-refractivity contribution >= 4 is 17.5 Å². The summed E-state index contributed by atoms with van der Waals surface area (Å²) in [7, 11) is 0. The van der Waals surface area contributed by atoms with Crippen LogP contribution in [-0.2, 0) is 23.2 Å². The molecule has 2 bridgehead atoms. The molecule has 5 nitrogen and oxygen atoms in total. The number of carbonyl (C=O) groups is 1. The predicted octanol–water partition coefficient (Wildman–Crippen LogP) is 3.39. The summed E-state index contributed by atoms with van der Waals surface area (Å²) in [5, 5.41) is 26.7. The molecular weight excluding hydrogens is 448 g/mol. The molecule has 6 heteroatoms. The van der Waals surface area contributed by atoms with Gasteiger partial charge in [-0.25, -0.2) is 0 Å². The van der Waals surface area contributed by atoms with Crippen molar-refractivity contribution < 1.29 is 15.0 Å². The van der Waals surface area contributed by atoms with E-state index in [1.807, 2.05) is 30.3 Å². The Morgan fingerprint density at radius 3 is 2.79 bits per heavy atom. The van der Waals surface area contributed by atoms with E-state index in [4.69, 9.17) is 11.6 Å². The molecule has 7 atom stereocenters. The van der Waals surface area contributed by atoms with Crippen LogP contribution < -0.4 is 5.32 Å². The highest BCUT2D eigenvalue weighted by atomic mass is 35.5. The number of hydrogen-bond acceptors (Lipinski definition) is 4. The van der Waals surface area contributed by atoms with Crippen molar-refractivity contribution in [1.29, 1.82) is 0 Å². The molecule has 1 amide bonds. The molecule has 0 aromatic heterocycles. The molecule has 2 spiro atoms. The monoisotopic (exact) mass is 476 g/mol. The Bertz CT molecular complexity index is 1260. The van der Waals surface area contributed by atoms with E-state index in [-0.39, 0.29) is 29.0 Å². The number of aromatic hydroxyl groups is 1. The normalized spacial score (nSPS) is 42.4. The topological polar surface area (TPSA) is 72.8 Å². The lowest BCUT2D eigenvalue weighted by Gasteiger charge is -2.56. The Kier molecular flexibility index (Phi) is 3.66. The number of phenols is 1. The molecule has 3 N–H and O–H groups in total. The number of hydrogen-bond donors (Lipinski definition) is 3. The third-order valence-electron chi connectivity index (χ3n) is 10.4. The van der Waals surface area contributed by atoms with Gasteiger partial charge in [0, 0.05) is 46.9 Å². The van der Waals surface area contributed by atoms with Gasteiger partial charge in [-0.05, 0) is 78.8 Å². The number of rotatable bonds is 5. The Hall–Kier alpha value is -2.08. The average molecular weight is 477 g/mol. The number of benzene rings is 2. The summed E-state index contributed by atoms with van der Waals surface area (Å²) in [6.45, 7) is 1.49. The maximum Gasteiger partial charge on any atom is 0.223 e. The van der Waals surface area contributed by atoms with Crippen LogP contribution in [-0.4, -0.2) is 45.2 Å². The number of carbonyl (C=O) groups excluding carboxylic acids is 1. The molecular formula is C28H29ClN2O3. The lowest BCUT2D eigenvalue weighted by atomic mass is 9.63. The molecule has 34 heavy (non-hydrogen) atoms. The summed E-state index contributed by atoms with van der Waals surface area (Å²) < 4.78 is 0. The SMILES string of the molecule is O=C(NCc1ccccc1Cl)[C@H]1C[C@@]2(O)[C@@H]3N(CC4CC4)C4C5C43Cc3ccc(O)cc3[C@]52C1. The van der Waals surface area contributed by atoms with Crippen molar-refractivity contribution in [2.45, 2.75) is 61.7 Å². The first kappa shape index (κ1) is 20.1. The van der Waals surface area contributed by atoms with E-state index in [1.165, 1.54) is 18.4 Å². The minimum absolute atomic E-state index is 0.00147. The third-order valence-corrected chi connectivity index (χ3v) is 10.8. The van der Waals surface area contributed by atoms with Crippen molar-refractivity contribution in [2.24, 2.45) is 23.2 Å². The van der Waals surface area contributed by atoms with Crippen molar-refractivity contribution in [3.63, 3.8) is 0 Å². The van der Waals surface area contributed by atoms with Crippen LogP contribution in [0.25, 0.3) is 0 Å². The van der Waals surface area contributed by atoms with Crippen LogP contribution in [0, 0.1) is 23.2 Å². The number of phenolic OH excluding ortho intramolecular Hbond substituents is 1. The standard InChI is InChI=1S/C28H29ClN2O3/c29-21-4-2-1-3-17(21)13-30-24(33)18-11-27-20-9-19(32)8-7-16(20)10-26-22(27)23(26)31(14-15-5-6-15)25(26)28(27,34)12-18/h1-4,7-9,15,18,22-23,25,32,34H,5-6,10-14H2,(H,30,33)/t18-,22?,23?,25-,26?,27-,28-/m1/s1. The summed E-state index contributed by atoms with van der Waals surface area (Å²) in [5.74, 6) is 1.18. The van der Waals surface area contributed by atoms with Crippen LogP contribution in [0.1, 0.15) is 42.4 Å². The summed E-state index contributed by atoms with van der Waals surface area (Å²) in [5.41, 5.74) is 2.09. The first-order chi connectivity index (χ1) is 16.4. The summed E-state index contributed by atoms with van der Waals surface area (Å²) in [4.78, 5) is 16.0. The summed E-state index contributed by atoms with van der Waals surface area (Å²) >= 11 is 6.30. The highest BCUT2D eigenvalue weighted by molar-refractivity contribution is 6.31. The molecule has 6 aliphatic rings. The van der Waals surface area contributed by atoms with Gasteiger partial charge in [0.25, 0.3) is 0 Å². The Morgan fingerprint density at radius 1 is 1.18 bits per heavy atom. The van der Waals surface area contributed by atoms with Crippen molar-refractivity contribution in [1.82, 2.24) is 10.2 Å².